The Hall–Kier alpha value is -2.11. The lowest BCUT2D eigenvalue weighted by Crippen LogP contribution is -2.42. The molecule has 2 N–H and O–H groups in total. The molecular weight excluding hydrogens is 261 g/mol. The highest BCUT2D eigenvalue weighted by Gasteiger charge is 2.23. The van der Waals surface area contributed by atoms with Crippen LogP contribution in [0.3, 0.4) is 0 Å². The molecule has 108 valence electrons. The maximum absolute atomic E-state index is 13.7. The number of urea groups is 1. The number of anilines is 1. The Bertz CT molecular complexity index is 503. The maximum Gasteiger partial charge on any atom is 0.315 e. The van der Waals surface area contributed by atoms with Crippen LogP contribution in [0.1, 0.15) is 19.8 Å². The Labute approximate surface area is 117 Å². The zero-order valence-corrected chi connectivity index (χ0v) is 11.4. The summed E-state index contributed by atoms with van der Waals surface area (Å²) < 4.78 is 13.7. The molecule has 0 atom stereocenters. The lowest BCUT2D eigenvalue weighted by molar-refractivity contribution is -0.116. The monoisotopic (exact) mass is 279 g/mol. The fraction of sp³-hybridized carbons (Fsp3) is 0.429. The highest BCUT2D eigenvalue weighted by atomic mass is 19.1. The molecule has 1 fully saturated rings. The Morgan fingerprint density at radius 1 is 1.35 bits per heavy atom. The van der Waals surface area contributed by atoms with E-state index in [1.54, 1.807) is 18.2 Å². The van der Waals surface area contributed by atoms with Crippen LogP contribution in [0.4, 0.5) is 14.9 Å². The minimum absolute atomic E-state index is 0.226. The van der Waals surface area contributed by atoms with Crippen molar-refractivity contribution in [2.24, 2.45) is 0 Å². The van der Waals surface area contributed by atoms with E-state index < -0.39 is 5.82 Å². The summed E-state index contributed by atoms with van der Waals surface area (Å²) in [6.07, 6.45) is 2.03. The predicted molar refractivity (Wildman–Crippen MR) is 74.0 cm³/mol. The van der Waals surface area contributed by atoms with Crippen molar-refractivity contribution in [3.8, 4) is 0 Å². The zero-order valence-electron chi connectivity index (χ0n) is 11.4. The molecule has 1 aliphatic rings. The minimum atomic E-state index is -0.454. The summed E-state index contributed by atoms with van der Waals surface area (Å²) in [6, 6.07) is 6.12. The van der Waals surface area contributed by atoms with Crippen LogP contribution in [-0.2, 0) is 4.79 Å². The molecule has 0 heterocycles. The maximum atomic E-state index is 13.7. The summed E-state index contributed by atoms with van der Waals surface area (Å²) in [6.45, 7) is 1.87. The Morgan fingerprint density at radius 2 is 2.05 bits per heavy atom. The van der Waals surface area contributed by atoms with Crippen LogP contribution in [-0.4, -0.2) is 31.1 Å². The lowest BCUT2D eigenvalue weighted by atomic mass is 10.2. The molecule has 0 unspecified atom stereocenters. The molecule has 1 saturated carbocycles. The van der Waals surface area contributed by atoms with Gasteiger partial charge in [-0.15, -0.1) is 0 Å². The number of halogens is 1. The summed E-state index contributed by atoms with van der Waals surface area (Å²) in [5.41, 5.74) is 0.226. The van der Waals surface area contributed by atoms with E-state index in [1.807, 2.05) is 0 Å². The Balaban J connectivity index is 1.88. The van der Waals surface area contributed by atoms with E-state index in [-0.39, 0.29) is 36.8 Å². The van der Waals surface area contributed by atoms with E-state index >= 15 is 0 Å². The predicted octanol–water partition coefficient (Wildman–Crippen LogP) is 1.64. The largest absolute Gasteiger partial charge is 0.336 e. The average Bonchev–Trinajstić information content (AvgIpc) is 3.19. The third kappa shape index (κ3) is 3.94. The first-order chi connectivity index (χ1) is 9.58. The molecule has 3 amide bonds. The van der Waals surface area contributed by atoms with Gasteiger partial charge < -0.3 is 15.5 Å². The summed E-state index contributed by atoms with van der Waals surface area (Å²) in [7, 11) is 0. The van der Waals surface area contributed by atoms with Gasteiger partial charge in [-0.2, -0.15) is 0 Å². The molecular formula is C14H18FN3O2. The fourth-order valence-corrected chi connectivity index (χ4v) is 1.86. The SMILES string of the molecule is CC(=O)N(CCNC(=O)NC1CC1)c1ccccc1F. The highest BCUT2D eigenvalue weighted by molar-refractivity contribution is 5.91. The normalized spacial score (nSPS) is 13.7. The van der Waals surface area contributed by atoms with Crippen molar-refractivity contribution in [3.63, 3.8) is 0 Å². The number of amides is 3. The second-order valence-electron chi connectivity index (χ2n) is 4.80. The zero-order chi connectivity index (χ0) is 14.5. The molecule has 2 rings (SSSR count). The van der Waals surface area contributed by atoms with E-state index in [0.717, 1.165) is 12.8 Å². The summed E-state index contributed by atoms with van der Waals surface area (Å²) >= 11 is 0. The number of hydrogen-bond donors (Lipinski definition) is 2. The smallest absolute Gasteiger partial charge is 0.315 e. The number of hydrogen-bond acceptors (Lipinski definition) is 2. The van der Waals surface area contributed by atoms with Crippen molar-refractivity contribution in [2.45, 2.75) is 25.8 Å². The second-order valence-corrected chi connectivity index (χ2v) is 4.80. The van der Waals surface area contributed by atoms with Crippen LogP contribution in [0.25, 0.3) is 0 Å². The third-order valence-corrected chi connectivity index (χ3v) is 3.06. The van der Waals surface area contributed by atoms with Crippen molar-refractivity contribution in [1.29, 1.82) is 0 Å². The Kier molecular flexibility index (Phi) is 4.55. The number of carbonyl (C=O) groups is 2. The van der Waals surface area contributed by atoms with E-state index in [9.17, 15) is 14.0 Å². The van der Waals surface area contributed by atoms with Crippen molar-refractivity contribution in [1.82, 2.24) is 10.6 Å². The molecule has 1 aromatic rings. The molecule has 1 aliphatic carbocycles. The molecule has 0 bridgehead atoms. The third-order valence-electron chi connectivity index (χ3n) is 3.06. The van der Waals surface area contributed by atoms with Gasteiger partial charge in [-0.05, 0) is 25.0 Å². The van der Waals surface area contributed by atoms with Crippen molar-refractivity contribution < 1.29 is 14.0 Å². The van der Waals surface area contributed by atoms with Gasteiger partial charge in [0.1, 0.15) is 5.82 Å². The quantitative estimate of drug-likeness (QED) is 0.860. The molecule has 0 spiro atoms. The Morgan fingerprint density at radius 3 is 2.65 bits per heavy atom. The number of benzene rings is 1. The van der Waals surface area contributed by atoms with E-state index in [2.05, 4.69) is 10.6 Å². The van der Waals surface area contributed by atoms with Gasteiger partial charge in [-0.3, -0.25) is 4.79 Å². The van der Waals surface area contributed by atoms with E-state index in [1.165, 1.54) is 17.9 Å². The number of nitrogens with zero attached hydrogens (tertiary/aromatic N) is 1. The van der Waals surface area contributed by atoms with E-state index in [4.69, 9.17) is 0 Å². The van der Waals surface area contributed by atoms with Crippen LogP contribution in [0.15, 0.2) is 24.3 Å². The van der Waals surface area contributed by atoms with Crippen LogP contribution >= 0.6 is 0 Å². The fourth-order valence-electron chi connectivity index (χ4n) is 1.86. The lowest BCUT2D eigenvalue weighted by Gasteiger charge is -2.21. The van der Waals surface area contributed by atoms with Crippen molar-refractivity contribution in [3.05, 3.63) is 30.1 Å². The molecule has 0 radical (unpaired) electrons. The van der Waals surface area contributed by atoms with Crippen LogP contribution in [0.5, 0.6) is 0 Å². The topological polar surface area (TPSA) is 61.4 Å². The standard InChI is InChI=1S/C14H18FN3O2/c1-10(19)18(13-5-3-2-4-12(13)15)9-8-16-14(20)17-11-6-7-11/h2-5,11H,6-9H2,1H3,(H2,16,17,20). The van der Waals surface area contributed by atoms with Crippen LogP contribution < -0.4 is 15.5 Å². The van der Waals surface area contributed by atoms with Gasteiger partial charge in [-0.1, -0.05) is 12.1 Å². The molecule has 6 heteroatoms. The average molecular weight is 279 g/mol. The van der Waals surface area contributed by atoms with Crippen LogP contribution in [0, 0.1) is 5.82 Å². The van der Waals surface area contributed by atoms with Gasteiger partial charge in [0.25, 0.3) is 0 Å². The van der Waals surface area contributed by atoms with Gasteiger partial charge in [-0.25, -0.2) is 9.18 Å². The number of rotatable bonds is 5. The van der Waals surface area contributed by atoms with Gasteiger partial charge in [0.15, 0.2) is 0 Å². The molecule has 20 heavy (non-hydrogen) atoms. The van der Waals surface area contributed by atoms with Gasteiger partial charge in [0.05, 0.1) is 5.69 Å². The van der Waals surface area contributed by atoms with Gasteiger partial charge in [0, 0.05) is 26.1 Å². The van der Waals surface area contributed by atoms with Gasteiger partial charge >= 0.3 is 6.03 Å². The highest BCUT2D eigenvalue weighted by Crippen LogP contribution is 2.19. The first-order valence-electron chi connectivity index (χ1n) is 6.65. The molecule has 1 aromatic carbocycles. The first kappa shape index (κ1) is 14.3. The van der Waals surface area contributed by atoms with E-state index in [0.29, 0.717) is 0 Å². The molecule has 0 aromatic heterocycles. The van der Waals surface area contributed by atoms with Crippen molar-refractivity contribution >= 4 is 17.6 Å². The van der Waals surface area contributed by atoms with Crippen molar-refractivity contribution in [2.75, 3.05) is 18.0 Å². The summed E-state index contributed by atoms with van der Waals surface area (Å²) in [4.78, 5) is 24.4. The number of carbonyl (C=O) groups excluding carboxylic acids is 2. The van der Waals surface area contributed by atoms with Gasteiger partial charge in [0.2, 0.25) is 5.91 Å². The van der Waals surface area contributed by atoms with Crippen LogP contribution in [0.2, 0.25) is 0 Å². The summed E-state index contributed by atoms with van der Waals surface area (Å²) in [5.74, 6) is -0.718. The molecule has 0 aliphatic heterocycles. The minimum Gasteiger partial charge on any atom is -0.336 e. The molecule has 5 nitrogen and oxygen atoms in total. The first-order valence-corrected chi connectivity index (χ1v) is 6.65. The number of nitrogens with one attached hydrogen (secondary N) is 2. The number of para-hydroxylation sites is 1. The summed E-state index contributed by atoms with van der Waals surface area (Å²) in [5, 5.41) is 5.44. The molecule has 0 saturated heterocycles. The second kappa shape index (κ2) is 6.36.